The number of amides is 1. The van der Waals surface area contributed by atoms with Crippen molar-refractivity contribution in [3.63, 3.8) is 0 Å². The molecule has 3 aliphatic heterocycles. The van der Waals surface area contributed by atoms with E-state index in [4.69, 9.17) is 19.4 Å². The van der Waals surface area contributed by atoms with Crippen LogP contribution in [-0.2, 0) is 17.7 Å². The molecule has 3 aromatic rings. The highest BCUT2D eigenvalue weighted by Gasteiger charge is 2.45. The Kier molecular flexibility index (Phi) is 6.67. The highest BCUT2D eigenvalue weighted by atomic mass is 19.3. The Labute approximate surface area is 232 Å². The molecule has 0 spiro atoms. The third-order valence-corrected chi connectivity index (χ3v) is 8.05. The number of hydrogen-bond acceptors (Lipinski definition) is 7. The molecule has 8 nitrogen and oxygen atoms in total. The summed E-state index contributed by atoms with van der Waals surface area (Å²) in [4.78, 5) is 28.7. The monoisotopic (exact) mass is 551 g/mol. The number of rotatable bonds is 4. The molecule has 6 rings (SSSR count). The molecule has 10 heteroatoms. The number of piperazine rings is 1. The number of aromatic nitrogens is 2. The second kappa shape index (κ2) is 10.1. The van der Waals surface area contributed by atoms with Crippen LogP contribution >= 0.6 is 0 Å². The van der Waals surface area contributed by atoms with Gasteiger partial charge in [0.25, 0.3) is 6.43 Å². The minimum atomic E-state index is -2.55. The van der Waals surface area contributed by atoms with E-state index in [2.05, 4.69) is 9.80 Å². The summed E-state index contributed by atoms with van der Waals surface area (Å²) >= 11 is 0. The van der Waals surface area contributed by atoms with E-state index in [-0.39, 0.29) is 29.8 Å². The molecule has 0 radical (unpaired) electrons. The van der Waals surface area contributed by atoms with Crippen molar-refractivity contribution in [2.24, 2.45) is 0 Å². The van der Waals surface area contributed by atoms with E-state index < -0.39 is 12.0 Å². The van der Waals surface area contributed by atoms with Crippen LogP contribution in [0.5, 0.6) is 6.01 Å². The maximum atomic E-state index is 13.8. The number of nitrogens with zero attached hydrogens (tertiary/aromatic N) is 5. The fourth-order valence-corrected chi connectivity index (χ4v) is 6.34. The topological polar surface area (TPSA) is 71.0 Å². The maximum Gasteiger partial charge on any atom is 0.410 e. The fraction of sp³-hybridized carbons (Fsp3) is 0.500. The molecule has 2 bridgehead atoms. The third-order valence-electron chi connectivity index (χ3n) is 8.05. The number of anilines is 2. The summed E-state index contributed by atoms with van der Waals surface area (Å²) in [7, 11) is 1.55. The van der Waals surface area contributed by atoms with E-state index in [9.17, 15) is 13.6 Å². The van der Waals surface area contributed by atoms with Gasteiger partial charge in [0, 0.05) is 41.8 Å². The van der Waals surface area contributed by atoms with Gasteiger partial charge >= 0.3 is 12.1 Å². The summed E-state index contributed by atoms with van der Waals surface area (Å²) in [6.07, 6.45) is -0.290. The second-order valence-electron chi connectivity index (χ2n) is 11.9. The molecular formula is C30H35F2N5O3. The van der Waals surface area contributed by atoms with Gasteiger partial charge in [0.15, 0.2) is 0 Å². The molecule has 2 atom stereocenters. The lowest BCUT2D eigenvalue weighted by Crippen LogP contribution is -2.57. The average molecular weight is 552 g/mol. The van der Waals surface area contributed by atoms with Crippen LogP contribution in [0.4, 0.5) is 25.1 Å². The van der Waals surface area contributed by atoms with Gasteiger partial charge in [-0.15, -0.1) is 0 Å². The van der Waals surface area contributed by atoms with Crippen LogP contribution in [-0.4, -0.2) is 65.4 Å². The van der Waals surface area contributed by atoms with Gasteiger partial charge in [-0.25, -0.2) is 13.6 Å². The van der Waals surface area contributed by atoms with E-state index in [1.807, 2.05) is 49.9 Å². The average Bonchev–Trinajstić information content (AvgIpc) is 3.20. The first kappa shape index (κ1) is 26.5. The zero-order valence-electron chi connectivity index (χ0n) is 23.4. The first-order valence-electron chi connectivity index (χ1n) is 13.9. The predicted octanol–water partition coefficient (Wildman–Crippen LogP) is 5.73. The number of halogens is 2. The van der Waals surface area contributed by atoms with Gasteiger partial charge in [-0.3, -0.25) is 4.90 Å². The van der Waals surface area contributed by atoms with Crippen molar-refractivity contribution >= 4 is 28.4 Å². The molecular weight excluding hydrogens is 516 g/mol. The number of hydrogen-bond donors (Lipinski definition) is 0. The largest absolute Gasteiger partial charge is 0.467 e. The van der Waals surface area contributed by atoms with Gasteiger partial charge < -0.3 is 19.3 Å². The van der Waals surface area contributed by atoms with E-state index in [1.54, 1.807) is 19.2 Å². The molecule has 1 aromatic heterocycles. The lowest BCUT2D eigenvalue weighted by atomic mass is 10.00. The van der Waals surface area contributed by atoms with Crippen molar-refractivity contribution in [3.05, 3.63) is 53.2 Å². The van der Waals surface area contributed by atoms with Gasteiger partial charge in [0.2, 0.25) is 0 Å². The van der Waals surface area contributed by atoms with Gasteiger partial charge in [0.05, 0.1) is 31.4 Å². The molecule has 212 valence electrons. The first-order chi connectivity index (χ1) is 19.1. The van der Waals surface area contributed by atoms with Crippen LogP contribution in [0, 0.1) is 0 Å². The van der Waals surface area contributed by atoms with Gasteiger partial charge in [-0.1, -0.05) is 24.3 Å². The van der Waals surface area contributed by atoms with E-state index in [0.717, 1.165) is 46.4 Å². The number of carbonyl (C=O) groups excluding carboxylic acids is 1. The highest BCUT2D eigenvalue weighted by Crippen LogP contribution is 2.39. The lowest BCUT2D eigenvalue weighted by molar-refractivity contribution is 0.0122. The molecule has 2 unspecified atom stereocenters. The Morgan fingerprint density at radius 3 is 2.45 bits per heavy atom. The number of benzene rings is 2. The fourth-order valence-electron chi connectivity index (χ4n) is 6.34. The number of alkyl halides is 2. The summed E-state index contributed by atoms with van der Waals surface area (Å²) in [5, 5.41) is 1.73. The van der Waals surface area contributed by atoms with Gasteiger partial charge in [-0.2, -0.15) is 9.97 Å². The minimum absolute atomic E-state index is 0.0128. The number of fused-ring (bicyclic) bond motifs is 4. The van der Waals surface area contributed by atoms with Crippen molar-refractivity contribution in [2.75, 3.05) is 36.5 Å². The van der Waals surface area contributed by atoms with Crippen LogP contribution in [0.25, 0.3) is 10.8 Å². The number of carbonyl (C=O) groups is 1. The van der Waals surface area contributed by atoms with Crippen LogP contribution in [0.15, 0.2) is 36.4 Å². The molecule has 0 saturated carbocycles. The first-order valence-corrected chi connectivity index (χ1v) is 13.9. The van der Waals surface area contributed by atoms with E-state index >= 15 is 0 Å². The molecule has 0 N–H and O–H groups in total. The molecule has 0 aliphatic carbocycles. The van der Waals surface area contributed by atoms with Crippen LogP contribution in [0.3, 0.4) is 0 Å². The summed E-state index contributed by atoms with van der Waals surface area (Å²) in [6.45, 7) is 8.09. The van der Waals surface area contributed by atoms with Crippen molar-refractivity contribution in [1.29, 1.82) is 0 Å². The second-order valence-corrected chi connectivity index (χ2v) is 11.9. The molecule has 2 aromatic carbocycles. The summed E-state index contributed by atoms with van der Waals surface area (Å²) in [5.41, 5.74) is 2.14. The SMILES string of the molecule is COc1nc2c(c(N3CC4CCC(C3)N4C(=O)OC(C)(C)C)n1)CCN(c1cc(C(F)F)cc3ccccc13)C2. The molecule has 2 saturated heterocycles. The quantitative estimate of drug-likeness (QED) is 0.410. The summed E-state index contributed by atoms with van der Waals surface area (Å²) in [5.74, 6) is 0.841. The predicted molar refractivity (Wildman–Crippen MR) is 149 cm³/mol. The Morgan fingerprint density at radius 1 is 1.05 bits per heavy atom. The maximum absolute atomic E-state index is 13.8. The van der Waals surface area contributed by atoms with Crippen molar-refractivity contribution < 1.29 is 23.0 Å². The minimum Gasteiger partial charge on any atom is -0.467 e. The molecule has 2 fully saturated rings. The summed E-state index contributed by atoms with van der Waals surface area (Å²) < 4.78 is 38.8. The number of methoxy groups -OCH3 is 1. The lowest BCUT2D eigenvalue weighted by Gasteiger charge is -2.43. The normalized spacial score (nSPS) is 20.7. The van der Waals surface area contributed by atoms with E-state index in [1.165, 1.54) is 0 Å². The zero-order chi connectivity index (χ0) is 28.2. The van der Waals surface area contributed by atoms with Gasteiger partial charge in [0.1, 0.15) is 11.4 Å². The molecule has 1 amide bonds. The standard InChI is InChI=1S/C30H35F2N5O3/c1-30(2,3)40-29(38)37-20-9-10-21(37)16-36(15-20)27-23-11-12-35(17-24(23)33-28(34-27)39-4)25-14-19(26(31)32)13-18-7-5-6-8-22(18)25/h5-8,13-14,20-21,26H,9-12,15-17H2,1-4H3. The molecule has 3 aliphatic rings. The van der Waals surface area contributed by atoms with Crippen LogP contribution in [0.1, 0.15) is 56.9 Å². The number of ether oxygens (including phenoxy) is 2. The Hall–Kier alpha value is -3.69. The van der Waals surface area contributed by atoms with Crippen molar-refractivity contribution in [3.8, 4) is 6.01 Å². The smallest absolute Gasteiger partial charge is 0.410 e. The Balaban J connectivity index is 1.30. The van der Waals surface area contributed by atoms with E-state index in [0.29, 0.717) is 32.6 Å². The third kappa shape index (κ3) is 4.88. The molecule has 40 heavy (non-hydrogen) atoms. The highest BCUT2D eigenvalue weighted by molar-refractivity contribution is 5.95. The molecule has 4 heterocycles. The summed E-state index contributed by atoms with van der Waals surface area (Å²) in [6, 6.07) is 11.2. The zero-order valence-corrected chi connectivity index (χ0v) is 23.4. The van der Waals surface area contributed by atoms with Gasteiger partial charge in [-0.05, 0) is 57.6 Å². The Morgan fingerprint density at radius 2 is 1.77 bits per heavy atom. The van der Waals surface area contributed by atoms with Crippen molar-refractivity contribution in [1.82, 2.24) is 14.9 Å². The Bertz CT molecular complexity index is 1430. The van der Waals surface area contributed by atoms with Crippen molar-refractivity contribution in [2.45, 2.75) is 70.7 Å². The van der Waals surface area contributed by atoms with Crippen LogP contribution in [0.2, 0.25) is 0 Å². The van der Waals surface area contributed by atoms with Crippen LogP contribution < -0.4 is 14.5 Å².